The molecule has 1 atom stereocenters. The predicted molar refractivity (Wildman–Crippen MR) is 103 cm³/mol. The van der Waals surface area contributed by atoms with Crippen LogP contribution in [-0.4, -0.2) is 48.3 Å². The summed E-state index contributed by atoms with van der Waals surface area (Å²) >= 11 is 0. The van der Waals surface area contributed by atoms with E-state index in [1.165, 1.54) is 0 Å². The molecule has 1 heterocycles. The Morgan fingerprint density at radius 3 is 2.56 bits per heavy atom. The Hall–Kier alpha value is -2.41. The monoisotopic (exact) mass is 372 g/mol. The van der Waals surface area contributed by atoms with Crippen molar-refractivity contribution in [2.75, 3.05) is 25.0 Å². The molecule has 2 fully saturated rings. The maximum atomic E-state index is 12.6. The van der Waals surface area contributed by atoms with Gasteiger partial charge < -0.3 is 16.4 Å². The van der Waals surface area contributed by atoms with Crippen LogP contribution in [0.25, 0.3) is 0 Å². The quantitative estimate of drug-likeness (QED) is 0.704. The van der Waals surface area contributed by atoms with Gasteiger partial charge in [0.25, 0.3) is 5.91 Å². The molecule has 2 aliphatic rings. The molecule has 0 aromatic heterocycles. The number of rotatable bonds is 6. The van der Waals surface area contributed by atoms with Gasteiger partial charge in [0, 0.05) is 12.6 Å². The molecular formula is C20H28N4O3. The van der Waals surface area contributed by atoms with E-state index in [0.717, 1.165) is 45.1 Å². The Morgan fingerprint density at radius 1 is 1.07 bits per heavy atom. The van der Waals surface area contributed by atoms with Crippen molar-refractivity contribution in [3.63, 3.8) is 0 Å². The summed E-state index contributed by atoms with van der Waals surface area (Å²) in [4.78, 5) is 38.4. The van der Waals surface area contributed by atoms with Gasteiger partial charge in [-0.15, -0.1) is 0 Å². The van der Waals surface area contributed by atoms with Gasteiger partial charge in [0.1, 0.15) is 0 Å². The lowest BCUT2D eigenvalue weighted by molar-refractivity contribution is -0.125. The number of primary amides is 1. The number of hydrogen-bond donors (Lipinski definition) is 3. The Kier molecular flexibility index (Phi) is 6.45. The van der Waals surface area contributed by atoms with Crippen LogP contribution in [0.15, 0.2) is 24.3 Å². The summed E-state index contributed by atoms with van der Waals surface area (Å²) in [5.74, 6) is -0.851. The Balaban J connectivity index is 1.59. The summed E-state index contributed by atoms with van der Waals surface area (Å²) < 4.78 is 0. The van der Waals surface area contributed by atoms with Gasteiger partial charge in [-0.3, -0.25) is 19.3 Å². The molecule has 1 aliphatic carbocycles. The zero-order valence-electron chi connectivity index (χ0n) is 15.6. The standard InChI is InChI=1S/C20H28N4O3/c21-19(26)14-6-5-11-24(12-14)13-18(25)23-17-10-4-3-9-16(17)20(27)22-15-7-1-2-8-15/h3-4,9-10,14-15H,1-2,5-8,11-13H2,(H2,21,26)(H,22,27)(H,23,25)/t14-/m0/s1. The largest absolute Gasteiger partial charge is 0.369 e. The van der Waals surface area contributed by atoms with Crippen molar-refractivity contribution >= 4 is 23.4 Å². The highest BCUT2D eigenvalue weighted by Crippen LogP contribution is 2.21. The number of carbonyl (C=O) groups excluding carboxylic acids is 3. The molecule has 3 rings (SSSR count). The average molecular weight is 372 g/mol. The summed E-state index contributed by atoms with van der Waals surface area (Å²) in [6.07, 6.45) is 5.93. The highest BCUT2D eigenvalue weighted by Gasteiger charge is 2.25. The smallest absolute Gasteiger partial charge is 0.253 e. The first-order valence-electron chi connectivity index (χ1n) is 9.74. The zero-order chi connectivity index (χ0) is 19.2. The highest BCUT2D eigenvalue weighted by atomic mass is 16.2. The number of likely N-dealkylation sites (tertiary alicyclic amines) is 1. The molecular weight excluding hydrogens is 344 g/mol. The molecule has 0 bridgehead atoms. The Bertz CT molecular complexity index is 700. The number of piperidine rings is 1. The third-order valence-corrected chi connectivity index (χ3v) is 5.41. The third kappa shape index (κ3) is 5.29. The fraction of sp³-hybridized carbons (Fsp3) is 0.550. The molecule has 0 spiro atoms. The molecule has 4 N–H and O–H groups in total. The van der Waals surface area contributed by atoms with Gasteiger partial charge >= 0.3 is 0 Å². The van der Waals surface area contributed by atoms with Crippen LogP contribution in [0, 0.1) is 5.92 Å². The number of carbonyl (C=O) groups is 3. The van der Waals surface area contributed by atoms with Crippen molar-refractivity contribution in [1.29, 1.82) is 0 Å². The average Bonchev–Trinajstić information content (AvgIpc) is 3.15. The Labute approximate surface area is 159 Å². The van der Waals surface area contributed by atoms with Crippen molar-refractivity contribution in [1.82, 2.24) is 10.2 Å². The minimum atomic E-state index is -0.311. The summed E-state index contributed by atoms with van der Waals surface area (Å²) in [6.45, 7) is 1.45. The fourth-order valence-electron chi connectivity index (χ4n) is 3.95. The lowest BCUT2D eigenvalue weighted by Gasteiger charge is -2.30. The van der Waals surface area contributed by atoms with E-state index in [1.807, 2.05) is 4.90 Å². The van der Waals surface area contributed by atoms with E-state index in [9.17, 15) is 14.4 Å². The number of nitrogens with one attached hydrogen (secondary N) is 2. The molecule has 7 heteroatoms. The maximum Gasteiger partial charge on any atom is 0.253 e. The Morgan fingerprint density at radius 2 is 1.81 bits per heavy atom. The molecule has 0 unspecified atom stereocenters. The van der Waals surface area contributed by atoms with Crippen LogP contribution in [0.3, 0.4) is 0 Å². The second kappa shape index (κ2) is 8.99. The van der Waals surface area contributed by atoms with Gasteiger partial charge in [-0.05, 0) is 44.4 Å². The van der Waals surface area contributed by atoms with Crippen LogP contribution in [0.4, 0.5) is 5.69 Å². The fourth-order valence-corrected chi connectivity index (χ4v) is 3.95. The molecule has 3 amide bonds. The van der Waals surface area contributed by atoms with Crippen molar-refractivity contribution in [2.24, 2.45) is 11.7 Å². The first-order chi connectivity index (χ1) is 13.0. The van der Waals surface area contributed by atoms with Crippen molar-refractivity contribution in [2.45, 2.75) is 44.6 Å². The van der Waals surface area contributed by atoms with Gasteiger partial charge in [-0.1, -0.05) is 25.0 Å². The van der Waals surface area contributed by atoms with E-state index in [1.54, 1.807) is 24.3 Å². The predicted octanol–water partition coefficient (Wildman–Crippen LogP) is 1.49. The van der Waals surface area contributed by atoms with Crippen LogP contribution in [0.1, 0.15) is 48.9 Å². The van der Waals surface area contributed by atoms with E-state index >= 15 is 0 Å². The van der Waals surface area contributed by atoms with Crippen LogP contribution in [-0.2, 0) is 9.59 Å². The van der Waals surface area contributed by atoms with Crippen LogP contribution < -0.4 is 16.4 Å². The van der Waals surface area contributed by atoms with Gasteiger partial charge in [0.15, 0.2) is 0 Å². The second-order valence-electron chi connectivity index (χ2n) is 7.53. The first-order valence-corrected chi connectivity index (χ1v) is 9.74. The third-order valence-electron chi connectivity index (χ3n) is 5.41. The number of hydrogen-bond acceptors (Lipinski definition) is 4. The van der Waals surface area contributed by atoms with Gasteiger partial charge in [0.05, 0.1) is 23.7 Å². The molecule has 1 saturated carbocycles. The van der Waals surface area contributed by atoms with E-state index in [4.69, 9.17) is 5.73 Å². The van der Waals surface area contributed by atoms with Gasteiger partial charge in [-0.2, -0.15) is 0 Å². The van der Waals surface area contributed by atoms with Gasteiger partial charge in [0.2, 0.25) is 11.8 Å². The summed E-state index contributed by atoms with van der Waals surface area (Å²) in [5.41, 5.74) is 6.39. The number of para-hydroxylation sites is 1. The van der Waals surface area contributed by atoms with Crippen LogP contribution in [0.5, 0.6) is 0 Å². The number of anilines is 1. The van der Waals surface area contributed by atoms with Crippen molar-refractivity contribution in [3.05, 3.63) is 29.8 Å². The van der Waals surface area contributed by atoms with Crippen LogP contribution in [0.2, 0.25) is 0 Å². The molecule has 7 nitrogen and oxygen atoms in total. The number of amides is 3. The minimum Gasteiger partial charge on any atom is -0.369 e. The van der Waals surface area contributed by atoms with Crippen molar-refractivity contribution in [3.8, 4) is 0 Å². The number of benzene rings is 1. The second-order valence-corrected chi connectivity index (χ2v) is 7.53. The molecule has 1 aromatic carbocycles. The van der Waals surface area contributed by atoms with E-state index in [-0.39, 0.29) is 36.2 Å². The maximum absolute atomic E-state index is 12.6. The lowest BCUT2D eigenvalue weighted by Crippen LogP contribution is -2.44. The van der Waals surface area contributed by atoms with Crippen molar-refractivity contribution < 1.29 is 14.4 Å². The lowest BCUT2D eigenvalue weighted by atomic mass is 9.97. The molecule has 27 heavy (non-hydrogen) atoms. The number of nitrogens with zero attached hydrogens (tertiary/aromatic N) is 1. The number of nitrogens with two attached hydrogens (primary N) is 1. The minimum absolute atomic E-state index is 0.149. The van der Waals surface area contributed by atoms with E-state index in [0.29, 0.717) is 17.8 Å². The molecule has 0 radical (unpaired) electrons. The summed E-state index contributed by atoms with van der Waals surface area (Å²) in [7, 11) is 0. The molecule has 1 aliphatic heterocycles. The first kappa shape index (κ1) is 19.4. The van der Waals surface area contributed by atoms with Gasteiger partial charge in [-0.25, -0.2) is 0 Å². The molecule has 1 aromatic rings. The molecule has 1 saturated heterocycles. The highest BCUT2D eigenvalue weighted by molar-refractivity contribution is 6.04. The normalized spacial score (nSPS) is 21.0. The zero-order valence-corrected chi connectivity index (χ0v) is 15.6. The molecule has 146 valence electrons. The topological polar surface area (TPSA) is 105 Å². The van der Waals surface area contributed by atoms with E-state index < -0.39 is 0 Å². The SMILES string of the molecule is NC(=O)[C@H]1CCCN(CC(=O)Nc2ccccc2C(=O)NC2CCCC2)C1. The van der Waals surface area contributed by atoms with E-state index in [2.05, 4.69) is 10.6 Å². The summed E-state index contributed by atoms with van der Waals surface area (Å²) in [6, 6.07) is 7.28. The van der Waals surface area contributed by atoms with Crippen LogP contribution >= 0.6 is 0 Å². The summed E-state index contributed by atoms with van der Waals surface area (Å²) in [5, 5.41) is 5.91.